The van der Waals surface area contributed by atoms with Gasteiger partial charge in [0.05, 0.1) is 26.9 Å². The zero-order valence-electron chi connectivity index (χ0n) is 15.5. The van der Waals surface area contributed by atoms with Crippen LogP contribution in [0.1, 0.15) is 33.3 Å². The van der Waals surface area contributed by atoms with Crippen molar-refractivity contribution in [1.82, 2.24) is 10.3 Å². The maximum atomic E-state index is 12.8. The van der Waals surface area contributed by atoms with Gasteiger partial charge in [-0.15, -0.1) is 0 Å². The third-order valence-electron chi connectivity index (χ3n) is 3.72. The molecule has 0 saturated carbocycles. The predicted molar refractivity (Wildman–Crippen MR) is 114 cm³/mol. The molecule has 0 spiro atoms. The number of pyridine rings is 1. The first-order valence-electron chi connectivity index (χ1n) is 8.27. The Labute approximate surface area is 189 Å². The molecular weight excluding hydrogens is 486 g/mol. The molecule has 0 aliphatic rings. The van der Waals surface area contributed by atoms with Crippen LogP contribution in [0.3, 0.4) is 0 Å². The SMILES string of the molecule is CSC[C@@H](C)NC(=O)c1cc(Cl)cc(Cl)c1NC(=O)c1ncc(C(F)(F)F)cc1Cl. The summed E-state index contributed by atoms with van der Waals surface area (Å²) in [6, 6.07) is 3.03. The van der Waals surface area contributed by atoms with E-state index in [1.165, 1.54) is 23.9 Å². The molecule has 0 unspecified atom stereocenters. The number of nitrogens with one attached hydrogen (secondary N) is 2. The summed E-state index contributed by atoms with van der Waals surface area (Å²) in [4.78, 5) is 28.7. The fourth-order valence-corrected chi connectivity index (χ4v) is 3.78. The number of carbonyl (C=O) groups excluding carboxylic acids is 2. The monoisotopic (exact) mass is 499 g/mol. The molecule has 2 aromatic rings. The Morgan fingerprint density at radius 3 is 2.37 bits per heavy atom. The highest BCUT2D eigenvalue weighted by Crippen LogP contribution is 2.33. The van der Waals surface area contributed by atoms with Crippen LogP contribution in [-0.2, 0) is 6.18 Å². The van der Waals surface area contributed by atoms with Gasteiger partial charge in [-0.05, 0) is 31.4 Å². The van der Waals surface area contributed by atoms with Crippen molar-refractivity contribution in [2.24, 2.45) is 0 Å². The molecule has 162 valence electrons. The molecule has 30 heavy (non-hydrogen) atoms. The van der Waals surface area contributed by atoms with E-state index in [1.54, 1.807) is 6.92 Å². The summed E-state index contributed by atoms with van der Waals surface area (Å²) in [6.07, 6.45) is -2.29. The number of hydrogen-bond acceptors (Lipinski definition) is 4. The minimum absolute atomic E-state index is 0.0168. The van der Waals surface area contributed by atoms with Crippen molar-refractivity contribution < 1.29 is 22.8 Å². The normalized spacial score (nSPS) is 12.4. The van der Waals surface area contributed by atoms with Gasteiger partial charge in [0.2, 0.25) is 0 Å². The van der Waals surface area contributed by atoms with E-state index in [0.717, 1.165) is 0 Å². The number of aromatic nitrogens is 1. The second-order valence-electron chi connectivity index (χ2n) is 6.15. The van der Waals surface area contributed by atoms with Crippen LogP contribution < -0.4 is 10.6 Å². The van der Waals surface area contributed by atoms with Crippen LogP contribution in [0.2, 0.25) is 15.1 Å². The van der Waals surface area contributed by atoms with E-state index in [0.29, 0.717) is 18.0 Å². The van der Waals surface area contributed by atoms with E-state index in [4.69, 9.17) is 34.8 Å². The number of nitrogens with zero attached hydrogens (tertiary/aromatic N) is 1. The Balaban J connectivity index is 2.36. The molecule has 0 fully saturated rings. The molecule has 0 aliphatic heterocycles. The molecule has 2 amide bonds. The second kappa shape index (κ2) is 10.1. The van der Waals surface area contributed by atoms with Gasteiger partial charge in [-0.1, -0.05) is 34.8 Å². The quantitative estimate of drug-likeness (QED) is 0.526. The Morgan fingerprint density at radius 1 is 1.13 bits per heavy atom. The summed E-state index contributed by atoms with van der Waals surface area (Å²) < 4.78 is 38.3. The zero-order chi connectivity index (χ0) is 22.6. The van der Waals surface area contributed by atoms with Gasteiger partial charge in [0.25, 0.3) is 11.8 Å². The number of halogens is 6. The Kier molecular flexibility index (Phi) is 8.27. The topological polar surface area (TPSA) is 71.1 Å². The van der Waals surface area contributed by atoms with Crippen molar-refractivity contribution in [1.29, 1.82) is 0 Å². The van der Waals surface area contributed by atoms with Crippen LogP contribution in [-0.4, -0.2) is 34.8 Å². The van der Waals surface area contributed by atoms with Crippen molar-refractivity contribution in [3.8, 4) is 0 Å². The number of hydrogen-bond donors (Lipinski definition) is 2. The van der Waals surface area contributed by atoms with E-state index in [9.17, 15) is 22.8 Å². The highest BCUT2D eigenvalue weighted by molar-refractivity contribution is 7.98. The maximum absolute atomic E-state index is 12.8. The summed E-state index contributed by atoms with van der Waals surface area (Å²) in [5, 5.41) is 4.74. The number of alkyl halides is 3. The van der Waals surface area contributed by atoms with Gasteiger partial charge in [-0.3, -0.25) is 9.59 Å². The van der Waals surface area contributed by atoms with E-state index in [-0.39, 0.29) is 27.3 Å². The number of carbonyl (C=O) groups is 2. The third kappa shape index (κ3) is 6.16. The minimum atomic E-state index is -4.66. The van der Waals surface area contributed by atoms with Crippen molar-refractivity contribution >= 4 is 64.1 Å². The highest BCUT2D eigenvalue weighted by atomic mass is 35.5. The third-order valence-corrected chi connectivity index (χ3v) is 5.35. The summed E-state index contributed by atoms with van der Waals surface area (Å²) in [5.41, 5.74) is -1.65. The molecule has 12 heteroatoms. The average Bonchev–Trinajstić information content (AvgIpc) is 2.62. The second-order valence-corrected chi connectivity index (χ2v) is 8.31. The number of amides is 2. The van der Waals surface area contributed by atoms with Gasteiger partial charge in [-0.25, -0.2) is 4.98 Å². The van der Waals surface area contributed by atoms with Crippen LogP contribution >= 0.6 is 46.6 Å². The number of rotatable bonds is 6. The fourth-order valence-electron chi connectivity index (χ4n) is 2.41. The molecule has 0 bridgehead atoms. The first-order valence-corrected chi connectivity index (χ1v) is 10.8. The van der Waals surface area contributed by atoms with Crippen molar-refractivity contribution in [3.05, 3.63) is 56.3 Å². The molecule has 0 saturated heterocycles. The summed E-state index contributed by atoms with van der Waals surface area (Å²) in [6.45, 7) is 1.80. The first kappa shape index (κ1) is 24.6. The number of benzene rings is 1. The van der Waals surface area contributed by atoms with Crippen LogP contribution in [0.4, 0.5) is 18.9 Å². The van der Waals surface area contributed by atoms with Crippen LogP contribution in [0.5, 0.6) is 0 Å². The number of thioether (sulfide) groups is 1. The van der Waals surface area contributed by atoms with E-state index in [2.05, 4.69) is 15.6 Å². The molecule has 1 aromatic heterocycles. The number of anilines is 1. The minimum Gasteiger partial charge on any atom is -0.349 e. The lowest BCUT2D eigenvalue weighted by Crippen LogP contribution is -2.35. The fraction of sp³-hybridized carbons (Fsp3) is 0.278. The summed E-state index contributed by atoms with van der Waals surface area (Å²) in [5.74, 6) is -0.834. The van der Waals surface area contributed by atoms with Crippen molar-refractivity contribution in [2.75, 3.05) is 17.3 Å². The highest BCUT2D eigenvalue weighted by Gasteiger charge is 2.32. The standard InChI is InChI=1S/C18H15Cl3F3N3O2S/c1-8(7-30-2)26-16(28)11-4-10(19)5-13(21)14(11)27-17(29)15-12(20)3-9(6-25-15)18(22,23)24/h3-6,8H,7H2,1-2H3,(H,26,28)(H,27,29)/t8-/m1/s1. The van der Waals surface area contributed by atoms with Crippen LogP contribution in [0.25, 0.3) is 0 Å². The lowest BCUT2D eigenvalue weighted by Gasteiger charge is -2.17. The Morgan fingerprint density at radius 2 is 1.80 bits per heavy atom. The van der Waals surface area contributed by atoms with Gasteiger partial charge in [-0.2, -0.15) is 24.9 Å². The van der Waals surface area contributed by atoms with Gasteiger partial charge in [0.1, 0.15) is 5.69 Å². The maximum Gasteiger partial charge on any atom is 0.417 e. The van der Waals surface area contributed by atoms with Crippen molar-refractivity contribution in [3.63, 3.8) is 0 Å². The molecule has 5 nitrogen and oxygen atoms in total. The summed E-state index contributed by atoms with van der Waals surface area (Å²) >= 11 is 19.5. The molecule has 1 heterocycles. The Bertz CT molecular complexity index is 974. The summed E-state index contributed by atoms with van der Waals surface area (Å²) in [7, 11) is 0. The first-order chi connectivity index (χ1) is 13.9. The van der Waals surface area contributed by atoms with Gasteiger partial charge in [0.15, 0.2) is 0 Å². The lowest BCUT2D eigenvalue weighted by atomic mass is 10.1. The van der Waals surface area contributed by atoms with Gasteiger partial charge < -0.3 is 10.6 Å². The molecule has 1 aromatic carbocycles. The van der Waals surface area contributed by atoms with Gasteiger partial charge >= 0.3 is 6.18 Å². The van der Waals surface area contributed by atoms with E-state index in [1.807, 2.05) is 6.26 Å². The average molecular weight is 501 g/mol. The predicted octanol–water partition coefficient (Wildman–Crippen LogP) is 5.79. The molecule has 2 rings (SSSR count). The van der Waals surface area contributed by atoms with E-state index >= 15 is 0 Å². The van der Waals surface area contributed by atoms with Crippen LogP contribution in [0.15, 0.2) is 24.4 Å². The molecule has 1 atom stereocenters. The Hall–Kier alpha value is -1.68. The molecular formula is C18H15Cl3F3N3O2S. The van der Waals surface area contributed by atoms with E-state index < -0.39 is 34.3 Å². The lowest BCUT2D eigenvalue weighted by molar-refractivity contribution is -0.137. The molecule has 0 radical (unpaired) electrons. The molecule has 2 N–H and O–H groups in total. The van der Waals surface area contributed by atoms with Crippen molar-refractivity contribution in [2.45, 2.75) is 19.1 Å². The smallest absolute Gasteiger partial charge is 0.349 e. The van der Waals surface area contributed by atoms with Gasteiger partial charge in [0, 0.05) is 23.0 Å². The zero-order valence-corrected chi connectivity index (χ0v) is 18.6. The van der Waals surface area contributed by atoms with Crippen LogP contribution in [0, 0.1) is 0 Å². The molecule has 0 aliphatic carbocycles. The largest absolute Gasteiger partial charge is 0.417 e.